The predicted molar refractivity (Wildman–Crippen MR) is 100 cm³/mol. The Kier molecular flexibility index (Phi) is 3.46. The summed E-state index contributed by atoms with van der Waals surface area (Å²) in [5.74, 6) is 1.42. The number of benzene rings is 2. The molecule has 7 heteroatoms. The van der Waals surface area contributed by atoms with Crippen molar-refractivity contribution in [2.45, 2.75) is 0 Å². The van der Waals surface area contributed by atoms with Gasteiger partial charge in [-0.3, -0.25) is 5.10 Å². The van der Waals surface area contributed by atoms with Crippen molar-refractivity contribution in [2.24, 2.45) is 0 Å². The van der Waals surface area contributed by atoms with E-state index in [0.717, 1.165) is 33.7 Å². The summed E-state index contributed by atoms with van der Waals surface area (Å²) < 4.78 is 0. The van der Waals surface area contributed by atoms with Crippen molar-refractivity contribution in [3.8, 4) is 11.3 Å². The van der Waals surface area contributed by atoms with Gasteiger partial charge in [-0.2, -0.15) is 10.1 Å². The number of nitrogens with zero attached hydrogens (tertiary/aromatic N) is 4. The standard InChI is InChI=1S/C18H17N7/c1-25(12-5-3-2-4-6-12)16-10-14(21-18(20)22-16)11-7-8-13-15(9-11)23-24-17(13)19/h2-10H,1H3,(H3,19,23,24)(H2,20,21,22). The molecule has 0 bridgehead atoms. The number of anilines is 4. The lowest BCUT2D eigenvalue weighted by Crippen LogP contribution is -2.13. The number of fused-ring (bicyclic) bond motifs is 1. The van der Waals surface area contributed by atoms with Crippen molar-refractivity contribution >= 4 is 34.2 Å². The minimum absolute atomic E-state index is 0.222. The Hall–Kier alpha value is -3.61. The van der Waals surface area contributed by atoms with Gasteiger partial charge in [0.2, 0.25) is 5.95 Å². The fraction of sp³-hybridized carbons (Fsp3) is 0.0556. The van der Waals surface area contributed by atoms with Crippen LogP contribution in [0.3, 0.4) is 0 Å². The molecule has 0 saturated heterocycles. The van der Waals surface area contributed by atoms with Gasteiger partial charge in [-0.15, -0.1) is 0 Å². The zero-order chi connectivity index (χ0) is 17.4. The van der Waals surface area contributed by atoms with Crippen molar-refractivity contribution in [1.82, 2.24) is 20.2 Å². The van der Waals surface area contributed by atoms with E-state index < -0.39 is 0 Å². The van der Waals surface area contributed by atoms with Gasteiger partial charge in [-0.05, 0) is 24.3 Å². The number of rotatable bonds is 3. The molecule has 2 aromatic heterocycles. The normalized spacial score (nSPS) is 10.9. The molecule has 0 amide bonds. The number of nitrogens with one attached hydrogen (secondary N) is 1. The summed E-state index contributed by atoms with van der Waals surface area (Å²) in [6.45, 7) is 0. The van der Waals surface area contributed by atoms with E-state index in [1.54, 1.807) is 0 Å². The molecule has 2 aromatic carbocycles. The molecule has 0 aliphatic rings. The summed E-state index contributed by atoms with van der Waals surface area (Å²) >= 11 is 0. The lowest BCUT2D eigenvalue weighted by Gasteiger charge is -2.19. The number of aromatic nitrogens is 4. The van der Waals surface area contributed by atoms with Crippen LogP contribution in [0.25, 0.3) is 22.2 Å². The van der Waals surface area contributed by atoms with Crippen LogP contribution < -0.4 is 16.4 Å². The van der Waals surface area contributed by atoms with E-state index >= 15 is 0 Å². The molecule has 0 aliphatic carbocycles. The monoisotopic (exact) mass is 331 g/mol. The molecular formula is C18H17N7. The third kappa shape index (κ3) is 2.72. The second kappa shape index (κ2) is 5.79. The van der Waals surface area contributed by atoms with Crippen molar-refractivity contribution in [2.75, 3.05) is 23.4 Å². The number of hydrogen-bond acceptors (Lipinski definition) is 6. The first-order valence-electron chi connectivity index (χ1n) is 7.79. The Balaban J connectivity index is 1.78. The molecule has 2 heterocycles. The number of para-hydroxylation sites is 1. The third-order valence-corrected chi connectivity index (χ3v) is 4.11. The van der Waals surface area contributed by atoms with Crippen LogP contribution in [0.1, 0.15) is 0 Å². The van der Waals surface area contributed by atoms with Crippen molar-refractivity contribution in [1.29, 1.82) is 0 Å². The Bertz CT molecular complexity index is 1040. The molecule has 25 heavy (non-hydrogen) atoms. The smallest absolute Gasteiger partial charge is 0.222 e. The fourth-order valence-corrected chi connectivity index (χ4v) is 2.76. The highest BCUT2D eigenvalue weighted by Gasteiger charge is 2.11. The topological polar surface area (TPSA) is 110 Å². The van der Waals surface area contributed by atoms with Gasteiger partial charge < -0.3 is 16.4 Å². The minimum Gasteiger partial charge on any atom is -0.382 e. The van der Waals surface area contributed by atoms with Crippen LogP contribution in [-0.2, 0) is 0 Å². The number of aromatic amines is 1. The summed E-state index contributed by atoms with van der Waals surface area (Å²) in [5.41, 5.74) is 15.3. The largest absolute Gasteiger partial charge is 0.382 e. The van der Waals surface area contributed by atoms with E-state index in [1.165, 1.54) is 0 Å². The van der Waals surface area contributed by atoms with Gasteiger partial charge in [0.05, 0.1) is 11.2 Å². The molecule has 0 unspecified atom stereocenters. The minimum atomic E-state index is 0.222. The summed E-state index contributed by atoms with van der Waals surface area (Å²) in [4.78, 5) is 10.7. The van der Waals surface area contributed by atoms with E-state index in [9.17, 15) is 0 Å². The maximum atomic E-state index is 5.94. The molecule has 0 spiro atoms. The Morgan fingerprint density at radius 3 is 2.56 bits per heavy atom. The first kappa shape index (κ1) is 14.9. The first-order chi connectivity index (χ1) is 12.1. The van der Waals surface area contributed by atoms with E-state index in [1.807, 2.05) is 66.5 Å². The maximum Gasteiger partial charge on any atom is 0.222 e. The van der Waals surface area contributed by atoms with Crippen LogP contribution in [0.5, 0.6) is 0 Å². The molecule has 124 valence electrons. The molecule has 0 atom stereocenters. The summed E-state index contributed by atoms with van der Waals surface area (Å²) in [5, 5.41) is 7.82. The molecule has 0 saturated carbocycles. The molecular weight excluding hydrogens is 314 g/mol. The van der Waals surface area contributed by atoms with Gasteiger partial charge in [-0.1, -0.05) is 24.3 Å². The van der Waals surface area contributed by atoms with Gasteiger partial charge in [0, 0.05) is 29.8 Å². The van der Waals surface area contributed by atoms with Crippen molar-refractivity contribution in [3.63, 3.8) is 0 Å². The lowest BCUT2D eigenvalue weighted by molar-refractivity contribution is 1.09. The zero-order valence-corrected chi connectivity index (χ0v) is 13.6. The van der Waals surface area contributed by atoms with Gasteiger partial charge in [0.15, 0.2) is 5.82 Å². The molecule has 4 aromatic rings. The highest BCUT2D eigenvalue weighted by Crippen LogP contribution is 2.29. The van der Waals surface area contributed by atoms with Crippen LogP contribution in [-0.4, -0.2) is 27.2 Å². The summed E-state index contributed by atoms with van der Waals surface area (Å²) in [6.07, 6.45) is 0. The average molecular weight is 331 g/mol. The number of nitrogen functional groups attached to an aromatic ring is 2. The van der Waals surface area contributed by atoms with E-state index in [4.69, 9.17) is 11.5 Å². The van der Waals surface area contributed by atoms with E-state index in [-0.39, 0.29) is 5.95 Å². The Morgan fingerprint density at radius 2 is 1.76 bits per heavy atom. The second-order valence-corrected chi connectivity index (χ2v) is 5.73. The molecule has 7 nitrogen and oxygen atoms in total. The number of nitrogens with two attached hydrogens (primary N) is 2. The highest BCUT2D eigenvalue weighted by molar-refractivity contribution is 5.91. The number of H-pyrrole nitrogens is 1. The van der Waals surface area contributed by atoms with Gasteiger partial charge in [0.25, 0.3) is 0 Å². The SMILES string of the molecule is CN(c1ccccc1)c1cc(-c2ccc3c(N)n[nH]c3c2)nc(N)n1. The lowest BCUT2D eigenvalue weighted by atomic mass is 10.1. The molecule has 5 N–H and O–H groups in total. The number of hydrogen-bond donors (Lipinski definition) is 3. The van der Waals surface area contributed by atoms with Crippen LogP contribution in [0, 0.1) is 0 Å². The fourth-order valence-electron chi connectivity index (χ4n) is 2.76. The van der Waals surface area contributed by atoms with Crippen LogP contribution in [0.2, 0.25) is 0 Å². The zero-order valence-electron chi connectivity index (χ0n) is 13.6. The molecule has 4 rings (SSSR count). The predicted octanol–water partition coefficient (Wildman–Crippen LogP) is 2.95. The average Bonchev–Trinajstić information content (AvgIpc) is 3.02. The molecule has 0 aliphatic heterocycles. The van der Waals surface area contributed by atoms with Crippen LogP contribution in [0.4, 0.5) is 23.3 Å². The van der Waals surface area contributed by atoms with E-state index in [0.29, 0.717) is 5.82 Å². The molecule has 0 radical (unpaired) electrons. The Morgan fingerprint density at radius 1 is 0.960 bits per heavy atom. The third-order valence-electron chi connectivity index (χ3n) is 4.11. The molecule has 0 fully saturated rings. The highest BCUT2D eigenvalue weighted by atomic mass is 15.2. The summed E-state index contributed by atoms with van der Waals surface area (Å²) in [6, 6.07) is 17.7. The quantitative estimate of drug-likeness (QED) is 0.532. The van der Waals surface area contributed by atoms with Gasteiger partial charge >= 0.3 is 0 Å². The van der Waals surface area contributed by atoms with Crippen molar-refractivity contribution < 1.29 is 0 Å². The second-order valence-electron chi connectivity index (χ2n) is 5.73. The van der Waals surface area contributed by atoms with Crippen LogP contribution in [0.15, 0.2) is 54.6 Å². The van der Waals surface area contributed by atoms with Crippen LogP contribution >= 0.6 is 0 Å². The van der Waals surface area contributed by atoms with Gasteiger partial charge in [0.1, 0.15) is 5.82 Å². The maximum absolute atomic E-state index is 5.94. The first-order valence-corrected chi connectivity index (χ1v) is 7.79. The van der Waals surface area contributed by atoms with Crippen molar-refractivity contribution in [3.05, 3.63) is 54.6 Å². The Labute approximate surface area is 144 Å². The summed E-state index contributed by atoms with van der Waals surface area (Å²) in [7, 11) is 1.94. The van der Waals surface area contributed by atoms with Gasteiger partial charge in [-0.25, -0.2) is 4.98 Å². The van der Waals surface area contributed by atoms with E-state index in [2.05, 4.69) is 20.2 Å².